The zero-order valence-corrected chi connectivity index (χ0v) is 19.7. The molecule has 0 heterocycles. The fourth-order valence-corrected chi connectivity index (χ4v) is 8.17. The van der Waals surface area contributed by atoms with Gasteiger partial charge < -0.3 is 15.0 Å². The van der Waals surface area contributed by atoms with Crippen LogP contribution in [0.4, 0.5) is 5.69 Å². The number of nitrogens with zero attached hydrogens (tertiary/aromatic N) is 1. The fraction of sp³-hybridized carbons (Fsp3) is 0.0690. The minimum atomic E-state index is -2.56. The van der Waals surface area contributed by atoms with Crippen LogP contribution in [0, 0.1) is 6.20 Å². The van der Waals surface area contributed by atoms with Crippen LogP contribution in [-0.4, -0.2) is 24.9 Å². The van der Waals surface area contributed by atoms with Crippen molar-refractivity contribution in [2.75, 3.05) is 19.4 Å². The number of hydrogen-bond acceptors (Lipinski definition) is 2. The van der Waals surface area contributed by atoms with Crippen molar-refractivity contribution in [1.29, 1.82) is 0 Å². The molecule has 0 aromatic heterocycles. The fourth-order valence-electron chi connectivity index (χ4n) is 3.93. The Morgan fingerprint density at radius 3 is 1.36 bits per heavy atom. The highest BCUT2D eigenvalue weighted by Crippen LogP contribution is 2.62. The molecule has 0 aliphatic carbocycles. The number of carbonyl (C=O) groups excluding carboxylic acids is 1. The first-order chi connectivity index (χ1) is 16.1. The SMILES string of the molecule is CN(C)C(=O)C(=[C-]Nc1ccccc1)[P+](c1ccccc1)(c1ccccc1)c1ccccc1. The van der Waals surface area contributed by atoms with E-state index in [1.807, 2.05) is 84.9 Å². The monoisotopic (exact) mass is 450 g/mol. The summed E-state index contributed by atoms with van der Waals surface area (Å²) in [4.78, 5) is 15.5. The first-order valence-electron chi connectivity index (χ1n) is 10.9. The van der Waals surface area contributed by atoms with E-state index in [1.165, 1.54) is 0 Å². The molecule has 0 spiro atoms. The standard InChI is InChI=1S/C29H27N2OP/c1-31(2)29(32)28(23-30-24-15-7-3-8-16-24)33(25-17-9-4-10-18-25,26-19-11-5-12-20-26)27-21-13-6-14-22-27/h3-22,30H,1-2H3. The van der Waals surface area contributed by atoms with Crippen molar-refractivity contribution in [3.05, 3.63) is 133 Å². The van der Waals surface area contributed by atoms with E-state index in [1.54, 1.807) is 19.0 Å². The molecule has 4 aromatic rings. The number of anilines is 1. The maximum atomic E-state index is 13.8. The van der Waals surface area contributed by atoms with E-state index in [9.17, 15) is 4.79 Å². The molecule has 0 atom stereocenters. The molecule has 3 nitrogen and oxygen atoms in total. The van der Waals surface area contributed by atoms with Gasteiger partial charge in [0.15, 0.2) is 5.91 Å². The molecule has 1 N–H and O–H groups in total. The molecule has 0 saturated heterocycles. The van der Waals surface area contributed by atoms with Crippen molar-refractivity contribution in [2.45, 2.75) is 0 Å². The van der Waals surface area contributed by atoms with Gasteiger partial charge in [-0.2, -0.15) is 0 Å². The average Bonchev–Trinajstić information content (AvgIpc) is 2.88. The van der Waals surface area contributed by atoms with E-state index in [0.717, 1.165) is 21.6 Å². The van der Waals surface area contributed by atoms with Gasteiger partial charge in [-0.15, -0.1) is 0 Å². The molecule has 4 aromatic carbocycles. The summed E-state index contributed by atoms with van der Waals surface area (Å²) in [6.07, 6.45) is 3.38. The summed E-state index contributed by atoms with van der Waals surface area (Å²) in [7, 11) is 1.03. The summed E-state index contributed by atoms with van der Waals surface area (Å²) in [5, 5.41) is 7.23. The maximum Gasteiger partial charge on any atom is 0.186 e. The number of likely N-dealkylation sites (N-methyl/N-ethyl adjacent to an activating group) is 1. The van der Waals surface area contributed by atoms with Crippen molar-refractivity contribution >= 4 is 34.8 Å². The summed E-state index contributed by atoms with van der Waals surface area (Å²) >= 11 is 0. The minimum Gasteiger partial charge on any atom is -0.465 e. The number of rotatable bonds is 7. The van der Waals surface area contributed by atoms with Crippen molar-refractivity contribution in [3.63, 3.8) is 0 Å². The topological polar surface area (TPSA) is 32.3 Å². The van der Waals surface area contributed by atoms with Crippen LogP contribution >= 0.6 is 7.26 Å². The smallest absolute Gasteiger partial charge is 0.186 e. The van der Waals surface area contributed by atoms with Gasteiger partial charge in [0.1, 0.15) is 23.2 Å². The summed E-state index contributed by atoms with van der Waals surface area (Å²) in [6, 6.07) is 40.9. The van der Waals surface area contributed by atoms with Gasteiger partial charge >= 0.3 is 0 Å². The third-order valence-electron chi connectivity index (χ3n) is 5.47. The molecule has 0 aliphatic rings. The van der Waals surface area contributed by atoms with E-state index in [-0.39, 0.29) is 5.91 Å². The average molecular weight is 451 g/mol. The molecule has 0 fully saturated rings. The van der Waals surface area contributed by atoms with Crippen LogP contribution in [0.5, 0.6) is 0 Å². The van der Waals surface area contributed by atoms with Crippen LogP contribution < -0.4 is 21.2 Å². The summed E-state index contributed by atoms with van der Waals surface area (Å²) in [5.74, 6) is -0.0664. The molecule has 4 heteroatoms. The molecule has 164 valence electrons. The second kappa shape index (κ2) is 10.3. The van der Waals surface area contributed by atoms with Crippen LogP contribution in [0.15, 0.2) is 127 Å². The van der Waals surface area contributed by atoms with Gasteiger partial charge in [0.2, 0.25) is 0 Å². The highest BCUT2D eigenvalue weighted by Gasteiger charge is 2.49. The first kappa shape index (κ1) is 22.5. The summed E-state index contributed by atoms with van der Waals surface area (Å²) in [5.41, 5.74) is 0.883. The molecule has 0 saturated carbocycles. The van der Waals surface area contributed by atoms with Crippen molar-refractivity contribution in [2.24, 2.45) is 0 Å². The Hall–Kier alpha value is -3.68. The van der Waals surface area contributed by atoms with Crippen molar-refractivity contribution in [3.8, 4) is 0 Å². The number of para-hydroxylation sites is 1. The van der Waals surface area contributed by atoms with Gasteiger partial charge in [0.25, 0.3) is 0 Å². The van der Waals surface area contributed by atoms with Gasteiger partial charge in [-0.25, -0.2) is 0 Å². The lowest BCUT2D eigenvalue weighted by Crippen LogP contribution is -2.38. The quantitative estimate of drug-likeness (QED) is 0.189. The van der Waals surface area contributed by atoms with E-state index in [4.69, 9.17) is 0 Å². The molecular formula is C29H27N2OP. The van der Waals surface area contributed by atoms with E-state index < -0.39 is 7.26 Å². The normalized spacial score (nSPS) is 11.6. The molecular weight excluding hydrogens is 423 g/mol. The third-order valence-corrected chi connectivity index (χ3v) is 9.67. The van der Waals surface area contributed by atoms with Gasteiger partial charge in [-0.3, -0.25) is 0 Å². The van der Waals surface area contributed by atoms with Crippen LogP contribution in [0.1, 0.15) is 0 Å². The van der Waals surface area contributed by atoms with Gasteiger partial charge in [-0.1, -0.05) is 96.8 Å². The second-order valence-corrected chi connectivity index (χ2v) is 11.2. The Morgan fingerprint density at radius 1 is 0.636 bits per heavy atom. The Balaban J connectivity index is 2.07. The second-order valence-electron chi connectivity index (χ2n) is 7.84. The van der Waals surface area contributed by atoms with Crippen LogP contribution in [-0.2, 0) is 4.79 Å². The van der Waals surface area contributed by atoms with Gasteiger partial charge in [0.05, 0.1) is 5.31 Å². The van der Waals surface area contributed by atoms with E-state index >= 15 is 0 Å². The molecule has 1 amide bonds. The Bertz CT molecular complexity index is 1110. The highest BCUT2D eigenvalue weighted by molar-refractivity contribution is 7.99. The zero-order valence-electron chi connectivity index (χ0n) is 18.8. The minimum absolute atomic E-state index is 0.0664. The Labute approximate surface area is 196 Å². The molecule has 33 heavy (non-hydrogen) atoms. The molecule has 0 radical (unpaired) electrons. The predicted octanol–water partition coefficient (Wildman–Crippen LogP) is 4.83. The number of hydrogen-bond donors (Lipinski definition) is 1. The maximum absolute atomic E-state index is 13.8. The predicted molar refractivity (Wildman–Crippen MR) is 141 cm³/mol. The van der Waals surface area contributed by atoms with Crippen LogP contribution in [0.3, 0.4) is 0 Å². The number of benzene rings is 4. The van der Waals surface area contributed by atoms with Crippen LogP contribution in [0.25, 0.3) is 0 Å². The molecule has 4 rings (SSSR count). The summed E-state index contributed by atoms with van der Waals surface area (Å²) in [6.45, 7) is 0. The van der Waals surface area contributed by atoms with Crippen LogP contribution in [0.2, 0.25) is 0 Å². The van der Waals surface area contributed by atoms with Crippen molar-refractivity contribution in [1.82, 2.24) is 4.90 Å². The van der Waals surface area contributed by atoms with E-state index in [0.29, 0.717) is 5.31 Å². The zero-order chi connectivity index (χ0) is 23.1. The third kappa shape index (κ3) is 4.60. The number of nitrogens with one attached hydrogen (secondary N) is 1. The molecule has 0 aliphatic heterocycles. The van der Waals surface area contributed by atoms with Crippen molar-refractivity contribution < 1.29 is 4.79 Å². The Kier molecular flexibility index (Phi) is 7.02. The van der Waals surface area contributed by atoms with Gasteiger partial charge in [0, 0.05) is 0 Å². The number of amides is 1. The largest absolute Gasteiger partial charge is 0.465 e. The van der Waals surface area contributed by atoms with E-state index in [2.05, 4.69) is 47.9 Å². The Morgan fingerprint density at radius 2 is 1.00 bits per heavy atom. The lowest BCUT2D eigenvalue weighted by atomic mass is 10.3. The van der Waals surface area contributed by atoms with Gasteiger partial charge in [-0.05, 0) is 50.5 Å². The molecule has 0 bridgehead atoms. The lowest BCUT2D eigenvalue weighted by molar-refractivity contribution is -0.124. The first-order valence-corrected chi connectivity index (χ1v) is 12.6. The summed E-state index contributed by atoms with van der Waals surface area (Å²) < 4.78 is 0. The molecule has 0 unspecified atom stereocenters. The highest BCUT2D eigenvalue weighted by atomic mass is 31.2. The number of carbonyl (C=O) groups is 1. The lowest BCUT2D eigenvalue weighted by Gasteiger charge is -2.33.